The Labute approximate surface area is 159 Å². The van der Waals surface area contributed by atoms with Gasteiger partial charge in [-0.15, -0.1) is 0 Å². The molecule has 0 radical (unpaired) electrons. The number of ether oxygens (including phenoxy) is 1. The third-order valence-corrected chi connectivity index (χ3v) is 4.67. The molecule has 0 aromatic heterocycles. The van der Waals surface area contributed by atoms with Gasteiger partial charge in [-0.2, -0.15) is 5.26 Å². The van der Waals surface area contributed by atoms with Crippen LogP contribution in [-0.4, -0.2) is 43.6 Å². The average Bonchev–Trinajstić information content (AvgIpc) is 2.65. The van der Waals surface area contributed by atoms with E-state index in [9.17, 15) is 10.1 Å². The van der Waals surface area contributed by atoms with Crippen molar-refractivity contribution in [1.82, 2.24) is 4.90 Å². The van der Waals surface area contributed by atoms with Crippen LogP contribution in [0.25, 0.3) is 0 Å². The molecule has 0 aliphatic carbocycles. The van der Waals surface area contributed by atoms with Gasteiger partial charge in [0.1, 0.15) is 11.8 Å². The zero-order chi connectivity index (χ0) is 19.4. The van der Waals surface area contributed by atoms with Gasteiger partial charge in [0.05, 0.1) is 11.3 Å². The molecular weight excluding hydrogens is 340 g/mol. The molecule has 1 heterocycles. The predicted molar refractivity (Wildman–Crippen MR) is 106 cm³/mol. The Bertz CT molecular complexity index is 860. The molecule has 140 valence electrons. The van der Waals surface area contributed by atoms with Crippen LogP contribution < -0.4 is 15.4 Å². The molecule has 2 aromatic carbocycles. The highest BCUT2D eigenvalue weighted by Gasteiger charge is 2.23. The fourth-order valence-electron chi connectivity index (χ4n) is 3.37. The Morgan fingerprint density at radius 2 is 1.78 bits per heavy atom. The molecule has 6 heteroatoms. The first-order chi connectivity index (χ1) is 13.0. The van der Waals surface area contributed by atoms with Crippen molar-refractivity contribution < 1.29 is 9.53 Å². The Balaban J connectivity index is 1.56. The molecule has 0 unspecified atom stereocenters. The maximum Gasteiger partial charge on any atom is 0.260 e. The van der Waals surface area contributed by atoms with Crippen LogP contribution in [0.15, 0.2) is 36.4 Å². The number of nitriles is 1. The summed E-state index contributed by atoms with van der Waals surface area (Å²) in [5, 5.41) is 9.32. The van der Waals surface area contributed by atoms with Gasteiger partial charge in [-0.1, -0.05) is 6.07 Å². The van der Waals surface area contributed by atoms with Crippen LogP contribution in [0.3, 0.4) is 0 Å². The van der Waals surface area contributed by atoms with Gasteiger partial charge < -0.3 is 20.3 Å². The molecule has 0 spiro atoms. The van der Waals surface area contributed by atoms with Gasteiger partial charge >= 0.3 is 0 Å². The first kappa shape index (κ1) is 18.6. The van der Waals surface area contributed by atoms with Gasteiger partial charge in [0, 0.05) is 31.9 Å². The van der Waals surface area contributed by atoms with E-state index in [2.05, 4.69) is 17.0 Å². The molecule has 1 saturated heterocycles. The summed E-state index contributed by atoms with van der Waals surface area (Å²) in [5.74, 6) is 0.701. The molecule has 27 heavy (non-hydrogen) atoms. The zero-order valence-corrected chi connectivity index (χ0v) is 15.7. The number of nitrogens with zero attached hydrogens (tertiary/aromatic N) is 3. The number of hydrogen-bond donors (Lipinski definition) is 1. The molecule has 3 rings (SSSR count). The van der Waals surface area contributed by atoms with E-state index in [1.165, 1.54) is 0 Å². The van der Waals surface area contributed by atoms with E-state index in [0.717, 1.165) is 22.6 Å². The largest absolute Gasteiger partial charge is 0.484 e. The number of hydrogen-bond acceptors (Lipinski definition) is 5. The summed E-state index contributed by atoms with van der Waals surface area (Å²) in [6, 6.07) is 13.5. The third-order valence-electron chi connectivity index (χ3n) is 4.67. The third kappa shape index (κ3) is 4.50. The second-order valence-corrected chi connectivity index (χ2v) is 6.87. The van der Waals surface area contributed by atoms with E-state index in [1.54, 1.807) is 12.1 Å². The molecule has 0 saturated carbocycles. The number of piperazine rings is 1. The van der Waals surface area contributed by atoms with E-state index in [0.29, 0.717) is 37.4 Å². The number of rotatable bonds is 4. The summed E-state index contributed by atoms with van der Waals surface area (Å²) in [6.07, 6.45) is 0. The number of amides is 1. The van der Waals surface area contributed by atoms with E-state index in [1.807, 2.05) is 36.9 Å². The summed E-state index contributed by atoms with van der Waals surface area (Å²) in [6.45, 7) is 6.60. The number of nitrogen functional groups attached to an aromatic ring is 1. The number of carbonyl (C=O) groups excluding carboxylic acids is 1. The Kier molecular flexibility index (Phi) is 5.51. The summed E-state index contributed by atoms with van der Waals surface area (Å²) in [7, 11) is 0. The minimum atomic E-state index is -0.0216. The lowest BCUT2D eigenvalue weighted by Crippen LogP contribution is -2.50. The molecule has 2 N–H and O–H groups in total. The standard InChI is InChI=1S/C21H24N4O2/c1-15-9-16(2)11-19(10-15)27-14-21(26)25-7-5-24(6-8-25)20-4-3-18(23)12-17(20)13-22/h3-4,9-12H,5-8,14,23H2,1-2H3. The van der Waals surface area contributed by atoms with Crippen LogP contribution in [0.2, 0.25) is 0 Å². The van der Waals surface area contributed by atoms with Gasteiger partial charge in [-0.05, 0) is 55.3 Å². The number of anilines is 2. The second-order valence-electron chi connectivity index (χ2n) is 6.87. The zero-order valence-electron chi connectivity index (χ0n) is 15.7. The van der Waals surface area contributed by atoms with Crippen LogP contribution in [0.5, 0.6) is 5.75 Å². The van der Waals surface area contributed by atoms with E-state index >= 15 is 0 Å². The lowest BCUT2D eigenvalue weighted by Gasteiger charge is -2.36. The summed E-state index contributed by atoms with van der Waals surface area (Å²) >= 11 is 0. The smallest absolute Gasteiger partial charge is 0.260 e. The van der Waals surface area contributed by atoms with Crippen molar-refractivity contribution >= 4 is 17.3 Å². The fraction of sp³-hybridized carbons (Fsp3) is 0.333. The average molecular weight is 364 g/mol. The highest BCUT2D eigenvalue weighted by molar-refractivity contribution is 5.78. The number of carbonyl (C=O) groups is 1. The van der Waals surface area contributed by atoms with Crippen LogP contribution in [0.1, 0.15) is 16.7 Å². The maximum atomic E-state index is 12.5. The molecule has 1 fully saturated rings. The Morgan fingerprint density at radius 3 is 2.41 bits per heavy atom. The van der Waals surface area contributed by atoms with Gasteiger partial charge in [0.15, 0.2) is 6.61 Å². The monoisotopic (exact) mass is 364 g/mol. The normalized spacial score (nSPS) is 14.0. The number of aryl methyl sites for hydroxylation is 2. The predicted octanol–water partition coefficient (Wildman–Crippen LogP) is 2.48. The molecule has 0 atom stereocenters. The highest BCUT2D eigenvalue weighted by Crippen LogP contribution is 2.24. The van der Waals surface area contributed by atoms with Crippen molar-refractivity contribution in [3.63, 3.8) is 0 Å². The highest BCUT2D eigenvalue weighted by atomic mass is 16.5. The molecule has 0 bridgehead atoms. The topological polar surface area (TPSA) is 82.6 Å². The van der Waals surface area contributed by atoms with Crippen LogP contribution in [0, 0.1) is 25.2 Å². The summed E-state index contributed by atoms with van der Waals surface area (Å²) in [5.41, 5.74) is 9.99. The van der Waals surface area contributed by atoms with Crippen molar-refractivity contribution in [1.29, 1.82) is 5.26 Å². The Morgan fingerprint density at radius 1 is 1.11 bits per heavy atom. The SMILES string of the molecule is Cc1cc(C)cc(OCC(=O)N2CCN(c3ccc(N)cc3C#N)CC2)c1. The Hall–Kier alpha value is -3.20. The summed E-state index contributed by atoms with van der Waals surface area (Å²) < 4.78 is 5.68. The first-order valence-corrected chi connectivity index (χ1v) is 8.99. The van der Waals surface area contributed by atoms with E-state index in [4.69, 9.17) is 10.5 Å². The second kappa shape index (κ2) is 8.00. The van der Waals surface area contributed by atoms with Gasteiger partial charge in [-0.25, -0.2) is 0 Å². The van der Waals surface area contributed by atoms with E-state index < -0.39 is 0 Å². The molecule has 1 aliphatic heterocycles. The molecule has 2 aromatic rings. The van der Waals surface area contributed by atoms with Crippen LogP contribution in [0.4, 0.5) is 11.4 Å². The molecule has 6 nitrogen and oxygen atoms in total. The molecule has 1 amide bonds. The van der Waals surface area contributed by atoms with Crippen molar-refractivity contribution in [3.05, 3.63) is 53.1 Å². The first-order valence-electron chi connectivity index (χ1n) is 8.99. The number of nitrogens with two attached hydrogens (primary N) is 1. The maximum absolute atomic E-state index is 12.5. The van der Waals surface area contributed by atoms with Gasteiger partial charge in [-0.3, -0.25) is 4.79 Å². The lowest BCUT2D eigenvalue weighted by molar-refractivity contribution is -0.133. The van der Waals surface area contributed by atoms with Crippen molar-refractivity contribution in [3.8, 4) is 11.8 Å². The lowest BCUT2D eigenvalue weighted by atomic mass is 10.1. The quantitative estimate of drug-likeness (QED) is 0.843. The van der Waals surface area contributed by atoms with Gasteiger partial charge in [0.25, 0.3) is 5.91 Å². The minimum Gasteiger partial charge on any atom is -0.484 e. The van der Waals surface area contributed by atoms with Gasteiger partial charge in [0.2, 0.25) is 0 Å². The summed E-state index contributed by atoms with van der Waals surface area (Å²) in [4.78, 5) is 16.4. The van der Waals surface area contributed by atoms with Crippen molar-refractivity contribution in [2.24, 2.45) is 0 Å². The van der Waals surface area contributed by atoms with E-state index in [-0.39, 0.29) is 12.5 Å². The van der Waals surface area contributed by atoms with Crippen LogP contribution >= 0.6 is 0 Å². The fourth-order valence-corrected chi connectivity index (χ4v) is 3.37. The van der Waals surface area contributed by atoms with Crippen molar-refractivity contribution in [2.45, 2.75) is 13.8 Å². The minimum absolute atomic E-state index is 0.0216. The number of benzene rings is 2. The van der Waals surface area contributed by atoms with Crippen molar-refractivity contribution in [2.75, 3.05) is 43.4 Å². The molecule has 1 aliphatic rings. The van der Waals surface area contributed by atoms with Crippen LogP contribution in [-0.2, 0) is 4.79 Å². The molecular formula is C21H24N4O2.